The van der Waals surface area contributed by atoms with Crippen LogP contribution in [0.25, 0.3) is 0 Å². The molecule has 2 N–H and O–H groups in total. The van der Waals surface area contributed by atoms with E-state index in [4.69, 9.17) is 0 Å². The highest BCUT2D eigenvalue weighted by atomic mass is 32.2. The predicted octanol–water partition coefficient (Wildman–Crippen LogP) is 2.19. The predicted molar refractivity (Wildman–Crippen MR) is 65.3 cm³/mol. The second-order valence-corrected chi connectivity index (χ2v) is 4.26. The molecule has 0 aliphatic carbocycles. The van der Waals surface area contributed by atoms with Crippen LogP contribution in [0.4, 0.5) is 10.6 Å². The Morgan fingerprint density at radius 2 is 2.38 bits per heavy atom. The molecule has 0 saturated carbocycles. The number of hydroxylamine groups is 1. The first-order valence-electron chi connectivity index (χ1n) is 4.76. The Hall–Kier alpha value is -1.27. The van der Waals surface area contributed by atoms with Gasteiger partial charge in [0.1, 0.15) is 5.82 Å². The topological polar surface area (TPSA) is 63.2 Å². The molecule has 6 heteroatoms. The lowest BCUT2D eigenvalue weighted by atomic mass is 10.2. The molecule has 88 valence electrons. The highest BCUT2D eigenvalue weighted by Crippen LogP contribution is 2.29. The molecule has 0 saturated heterocycles. The van der Waals surface area contributed by atoms with E-state index >= 15 is 0 Å². The lowest BCUT2D eigenvalue weighted by Crippen LogP contribution is -2.28. The van der Waals surface area contributed by atoms with Gasteiger partial charge in [-0.05, 0) is 19.2 Å². The number of amides is 2. The SMILES string of the molecule is CONC(=O)Nc1ncccc1C(C)SC. The molecule has 0 fully saturated rings. The fourth-order valence-electron chi connectivity index (χ4n) is 1.20. The highest BCUT2D eigenvalue weighted by molar-refractivity contribution is 7.98. The summed E-state index contributed by atoms with van der Waals surface area (Å²) in [5, 5.41) is 2.90. The highest BCUT2D eigenvalue weighted by Gasteiger charge is 2.12. The quantitative estimate of drug-likeness (QED) is 0.793. The number of rotatable bonds is 4. The van der Waals surface area contributed by atoms with Crippen molar-refractivity contribution in [1.29, 1.82) is 0 Å². The molecule has 1 rings (SSSR count). The molecule has 0 aliphatic heterocycles. The maximum atomic E-state index is 11.3. The summed E-state index contributed by atoms with van der Waals surface area (Å²) in [4.78, 5) is 19.9. The molecule has 1 aromatic rings. The largest absolute Gasteiger partial charge is 0.344 e. The second kappa shape index (κ2) is 6.34. The van der Waals surface area contributed by atoms with Crippen molar-refractivity contribution >= 4 is 23.6 Å². The first-order chi connectivity index (χ1) is 7.69. The molecule has 0 aliphatic rings. The summed E-state index contributed by atoms with van der Waals surface area (Å²) < 4.78 is 0. The Morgan fingerprint density at radius 3 is 3.00 bits per heavy atom. The van der Waals surface area contributed by atoms with Gasteiger partial charge < -0.3 is 0 Å². The van der Waals surface area contributed by atoms with Gasteiger partial charge in [-0.15, -0.1) is 0 Å². The monoisotopic (exact) mass is 241 g/mol. The van der Waals surface area contributed by atoms with Crippen molar-refractivity contribution in [3.63, 3.8) is 0 Å². The van der Waals surface area contributed by atoms with Gasteiger partial charge in [0.25, 0.3) is 0 Å². The van der Waals surface area contributed by atoms with Crippen molar-refractivity contribution in [2.45, 2.75) is 12.2 Å². The molecule has 0 radical (unpaired) electrons. The zero-order valence-electron chi connectivity index (χ0n) is 9.48. The fraction of sp³-hybridized carbons (Fsp3) is 0.400. The molecule has 1 unspecified atom stereocenters. The third-order valence-electron chi connectivity index (χ3n) is 2.06. The average Bonchev–Trinajstić information content (AvgIpc) is 2.29. The molecule has 2 amide bonds. The van der Waals surface area contributed by atoms with E-state index in [0.29, 0.717) is 5.82 Å². The number of nitrogens with one attached hydrogen (secondary N) is 2. The molecule has 16 heavy (non-hydrogen) atoms. The summed E-state index contributed by atoms with van der Waals surface area (Å²) in [6, 6.07) is 3.36. The third-order valence-corrected chi connectivity index (χ3v) is 3.02. The van der Waals surface area contributed by atoms with Crippen LogP contribution >= 0.6 is 11.8 Å². The molecule has 0 aromatic carbocycles. The van der Waals surface area contributed by atoms with Gasteiger partial charge in [0.05, 0.1) is 7.11 Å². The molecule has 0 spiro atoms. The average molecular weight is 241 g/mol. The number of aromatic nitrogens is 1. The Bertz CT molecular complexity index is 360. The molecule has 1 heterocycles. The summed E-state index contributed by atoms with van der Waals surface area (Å²) in [5.74, 6) is 0.555. The molecular weight excluding hydrogens is 226 g/mol. The summed E-state index contributed by atoms with van der Waals surface area (Å²) in [5.41, 5.74) is 3.17. The number of hydrogen-bond acceptors (Lipinski definition) is 4. The normalized spacial score (nSPS) is 11.9. The molecular formula is C10H15N3O2S. The van der Waals surface area contributed by atoms with Crippen molar-refractivity contribution in [2.24, 2.45) is 0 Å². The molecule has 0 bridgehead atoms. The number of pyridine rings is 1. The van der Waals surface area contributed by atoms with Crippen LogP contribution in [-0.4, -0.2) is 24.4 Å². The Balaban J connectivity index is 2.82. The van der Waals surface area contributed by atoms with Crippen molar-refractivity contribution in [2.75, 3.05) is 18.7 Å². The maximum Gasteiger partial charge on any atom is 0.344 e. The number of hydrogen-bond donors (Lipinski definition) is 2. The summed E-state index contributed by atoms with van der Waals surface area (Å²) in [6.45, 7) is 2.06. The molecule has 1 atom stereocenters. The number of anilines is 1. The van der Waals surface area contributed by atoms with E-state index in [1.807, 2.05) is 18.4 Å². The molecule has 1 aromatic heterocycles. The van der Waals surface area contributed by atoms with E-state index in [1.54, 1.807) is 18.0 Å². The van der Waals surface area contributed by atoms with Crippen molar-refractivity contribution in [3.8, 4) is 0 Å². The van der Waals surface area contributed by atoms with Gasteiger partial charge in [-0.2, -0.15) is 11.8 Å². The lowest BCUT2D eigenvalue weighted by Gasteiger charge is -2.13. The smallest absolute Gasteiger partial charge is 0.290 e. The first kappa shape index (κ1) is 12.8. The van der Waals surface area contributed by atoms with Gasteiger partial charge in [0.15, 0.2) is 0 Å². The number of nitrogens with zero attached hydrogens (tertiary/aromatic N) is 1. The van der Waals surface area contributed by atoms with Gasteiger partial charge in [-0.25, -0.2) is 15.3 Å². The number of carbonyl (C=O) groups excluding carboxylic acids is 1. The van der Waals surface area contributed by atoms with Gasteiger partial charge in [-0.1, -0.05) is 6.07 Å². The fourth-order valence-corrected chi connectivity index (χ4v) is 1.65. The van der Waals surface area contributed by atoms with Crippen molar-refractivity contribution < 1.29 is 9.63 Å². The second-order valence-electron chi connectivity index (χ2n) is 3.08. The summed E-state index contributed by atoms with van der Waals surface area (Å²) in [7, 11) is 1.38. The standard InChI is InChI=1S/C10H15N3O2S/c1-7(16-3)8-5-4-6-11-9(8)12-10(14)13-15-2/h4-7H,1-3H3,(H2,11,12,13,14). The van der Waals surface area contributed by atoms with E-state index in [-0.39, 0.29) is 5.25 Å². The minimum Gasteiger partial charge on any atom is -0.290 e. The van der Waals surface area contributed by atoms with Crippen LogP contribution in [0.1, 0.15) is 17.7 Å². The Kier molecular flexibility index (Phi) is 5.07. The van der Waals surface area contributed by atoms with Crippen LogP contribution in [-0.2, 0) is 4.84 Å². The number of thioether (sulfide) groups is 1. The van der Waals surface area contributed by atoms with E-state index in [0.717, 1.165) is 5.56 Å². The summed E-state index contributed by atoms with van der Waals surface area (Å²) in [6.07, 6.45) is 3.65. The number of carbonyl (C=O) groups is 1. The minimum absolute atomic E-state index is 0.270. The summed E-state index contributed by atoms with van der Waals surface area (Å²) >= 11 is 1.69. The van der Waals surface area contributed by atoms with Gasteiger partial charge in [0.2, 0.25) is 0 Å². The number of urea groups is 1. The minimum atomic E-state index is -0.434. The van der Waals surface area contributed by atoms with E-state index in [9.17, 15) is 4.79 Å². The third kappa shape index (κ3) is 3.39. The Labute approximate surface area is 98.9 Å². The zero-order valence-corrected chi connectivity index (χ0v) is 10.3. The van der Waals surface area contributed by atoms with Crippen LogP contribution in [0.5, 0.6) is 0 Å². The van der Waals surface area contributed by atoms with Crippen LogP contribution < -0.4 is 10.8 Å². The van der Waals surface area contributed by atoms with Gasteiger partial charge in [0, 0.05) is 17.0 Å². The van der Waals surface area contributed by atoms with Crippen LogP contribution in [0.15, 0.2) is 18.3 Å². The zero-order chi connectivity index (χ0) is 12.0. The van der Waals surface area contributed by atoms with E-state index in [2.05, 4.69) is 27.5 Å². The first-order valence-corrected chi connectivity index (χ1v) is 6.05. The van der Waals surface area contributed by atoms with Gasteiger partial charge in [-0.3, -0.25) is 10.2 Å². The maximum absolute atomic E-state index is 11.3. The van der Waals surface area contributed by atoms with Crippen molar-refractivity contribution in [3.05, 3.63) is 23.9 Å². The Morgan fingerprint density at radius 1 is 1.62 bits per heavy atom. The van der Waals surface area contributed by atoms with Crippen molar-refractivity contribution in [1.82, 2.24) is 10.5 Å². The molecule has 5 nitrogen and oxygen atoms in total. The van der Waals surface area contributed by atoms with Crippen LogP contribution in [0.2, 0.25) is 0 Å². The lowest BCUT2D eigenvalue weighted by molar-refractivity contribution is 0.114. The van der Waals surface area contributed by atoms with E-state index in [1.165, 1.54) is 7.11 Å². The van der Waals surface area contributed by atoms with Crippen LogP contribution in [0.3, 0.4) is 0 Å². The van der Waals surface area contributed by atoms with Gasteiger partial charge >= 0.3 is 6.03 Å². The van der Waals surface area contributed by atoms with E-state index < -0.39 is 6.03 Å². The van der Waals surface area contributed by atoms with Crippen LogP contribution in [0, 0.1) is 0 Å².